The van der Waals surface area contributed by atoms with Crippen molar-refractivity contribution < 1.29 is 14.7 Å². The number of carboxylic acids is 1. The summed E-state index contributed by atoms with van der Waals surface area (Å²) in [5.41, 5.74) is 0.851. The van der Waals surface area contributed by atoms with Gasteiger partial charge in [0.15, 0.2) is 0 Å². The normalized spacial score (nSPS) is 10.1. The molecular formula is C13H13N3O3S. The Morgan fingerprint density at radius 3 is 2.85 bits per heavy atom. The first kappa shape index (κ1) is 14.0. The molecule has 0 bridgehead atoms. The summed E-state index contributed by atoms with van der Waals surface area (Å²) in [6, 6.07) is 6.55. The third kappa shape index (κ3) is 3.33. The average Bonchev–Trinajstić information content (AvgIpc) is 2.88. The first-order chi connectivity index (χ1) is 9.58. The Bertz CT molecular complexity index is 612. The van der Waals surface area contributed by atoms with Crippen molar-refractivity contribution in [3.8, 4) is 0 Å². The summed E-state index contributed by atoms with van der Waals surface area (Å²) in [4.78, 5) is 28.5. The highest BCUT2D eigenvalue weighted by Crippen LogP contribution is 2.23. The second-order valence-electron chi connectivity index (χ2n) is 4.08. The molecule has 6 nitrogen and oxygen atoms in total. The highest BCUT2D eigenvalue weighted by Gasteiger charge is 2.16. The van der Waals surface area contributed by atoms with E-state index in [1.807, 2.05) is 12.1 Å². The van der Waals surface area contributed by atoms with Crippen LogP contribution < -0.4 is 5.32 Å². The molecule has 2 amide bonds. The van der Waals surface area contributed by atoms with E-state index in [0.717, 1.165) is 5.69 Å². The Morgan fingerprint density at radius 2 is 2.20 bits per heavy atom. The minimum Gasteiger partial charge on any atom is -0.478 e. The van der Waals surface area contributed by atoms with E-state index in [4.69, 9.17) is 5.11 Å². The zero-order valence-corrected chi connectivity index (χ0v) is 11.6. The van der Waals surface area contributed by atoms with Gasteiger partial charge in [-0.25, -0.2) is 9.59 Å². The summed E-state index contributed by atoms with van der Waals surface area (Å²) < 4.78 is 0. The van der Waals surface area contributed by atoms with Crippen LogP contribution in [0.3, 0.4) is 0 Å². The van der Waals surface area contributed by atoms with E-state index in [1.165, 1.54) is 22.3 Å². The number of urea groups is 1. The lowest BCUT2D eigenvalue weighted by Crippen LogP contribution is -2.31. The maximum absolute atomic E-state index is 12.0. The molecule has 2 N–H and O–H groups in total. The molecule has 20 heavy (non-hydrogen) atoms. The van der Waals surface area contributed by atoms with Gasteiger partial charge in [-0.05, 0) is 23.6 Å². The third-order valence-corrected chi connectivity index (χ3v) is 3.42. The van der Waals surface area contributed by atoms with Crippen molar-refractivity contribution in [3.63, 3.8) is 0 Å². The van der Waals surface area contributed by atoms with E-state index in [-0.39, 0.29) is 11.6 Å². The van der Waals surface area contributed by atoms with E-state index in [9.17, 15) is 9.59 Å². The standard InChI is InChI=1S/C13H13N3O3S/c1-16(8-9-4-2-3-6-14-9)13(19)15-11-10(12(17)18)5-7-20-11/h2-7H,8H2,1H3,(H,15,19)(H,17,18). The Kier molecular flexibility index (Phi) is 4.31. The lowest BCUT2D eigenvalue weighted by molar-refractivity contribution is 0.0698. The number of pyridine rings is 1. The number of carbonyl (C=O) groups is 2. The first-order valence-electron chi connectivity index (χ1n) is 5.80. The summed E-state index contributed by atoms with van der Waals surface area (Å²) >= 11 is 1.17. The number of aromatic carboxylic acids is 1. The van der Waals surface area contributed by atoms with Gasteiger partial charge in [0.05, 0.1) is 17.8 Å². The van der Waals surface area contributed by atoms with Crippen molar-refractivity contribution in [2.24, 2.45) is 0 Å². The van der Waals surface area contributed by atoms with Gasteiger partial charge < -0.3 is 10.0 Å². The number of carboxylic acid groups (broad SMARTS) is 1. The molecule has 2 aromatic heterocycles. The first-order valence-corrected chi connectivity index (χ1v) is 6.68. The molecule has 0 spiro atoms. The van der Waals surface area contributed by atoms with Crippen molar-refractivity contribution in [1.29, 1.82) is 0 Å². The zero-order valence-electron chi connectivity index (χ0n) is 10.7. The third-order valence-electron chi connectivity index (χ3n) is 2.59. The minimum atomic E-state index is -1.06. The number of thiophene rings is 1. The maximum atomic E-state index is 12.0. The van der Waals surface area contributed by atoms with Gasteiger partial charge in [-0.15, -0.1) is 11.3 Å². The van der Waals surface area contributed by atoms with Crippen molar-refractivity contribution >= 4 is 28.3 Å². The summed E-state index contributed by atoms with van der Waals surface area (Å²) in [6.45, 7) is 0.348. The van der Waals surface area contributed by atoms with Crippen LogP contribution in [0.15, 0.2) is 35.8 Å². The SMILES string of the molecule is CN(Cc1ccccn1)C(=O)Nc1sccc1C(=O)O. The maximum Gasteiger partial charge on any atom is 0.338 e. The molecule has 0 unspecified atom stereocenters. The van der Waals surface area contributed by atoms with Gasteiger partial charge in [0.1, 0.15) is 5.00 Å². The average molecular weight is 291 g/mol. The Balaban J connectivity index is 2.01. The number of anilines is 1. The fourth-order valence-electron chi connectivity index (χ4n) is 1.57. The van der Waals surface area contributed by atoms with Gasteiger partial charge in [0.25, 0.3) is 0 Å². The van der Waals surface area contributed by atoms with Crippen molar-refractivity contribution in [2.75, 3.05) is 12.4 Å². The lowest BCUT2D eigenvalue weighted by Gasteiger charge is -2.17. The van der Waals surface area contributed by atoms with Gasteiger partial charge in [-0.2, -0.15) is 0 Å². The van der Waals surface area contributed by atoms with E-state index >= 15 is 0 Å². The molecule has 0 aliphatic rings. The monoisotopic (exact) mass is 291 g/mol. The smallest absolute Gasteiger partial charge is 0.338 e. The Morgan fingerprint density at radius 1 is 1.40 bits per heavy atom. The lowest BCUT2D eigenvalue weighted by atomic mass is 10.3. The van der Waals surface area contributed by atoms with Crippen LogP contribution in [-0.2, 0) is 6.54 Å². The van der Waals surface area contributed by atoms with Gasteiger partial charge in [0.2, 0.25) is 0 Å². The van der Waals surface area contributed by atoms with Crippen LogP contribution in [0.4, 0.5) is 9.80 Å². The summed E-state index contributed by atoms with van der Waals surface area (Å²) in [6.07, 6.45) is 1.66. The molecule has 0 saturated heterocycles. The van der Waals surface area contributed by atoms with Crippen LogP contribution in [0.5, 0.6) is 0 Å². The number of rotatable bonds is 4. The van der Waals surface area contributed by atoms with Gasteiger partial charge in [0, 0.05) is 13.2 Å². The molecule has 0 radical (unpaired) electrons. The summed E-state index contributed by atoms with van der Waals surface area (Å²) in [5.74, 6) is -1.06. The van der Waals surface area contributed by atoms with Crippen molar-refractivity contribution in [2.45, 2.75) is 6.54 Å². The predicted molar refractivity (Wildman–Crippen MR) is 76.0 cm³/mol. The number of hydrogen-bond donors (Lipinski definition) is 2. The van der Waals surface area contributed by atoms with E-state index in [0.29, 0.717) is 11.5 Å². The van der Waals surface area contributed by atoms with E-state index in [2.05, 4.69) is 10.3 Å². The second kappa shape index (κ2) is 6.16. The fourth-order valence-corrected chi connectivity index (χ4v) is 2.34. The minimum absolute atomic E-state index is 0.0922. The Labute approximate surface area is 119 Å². The topological polar surface area (TPSA) is 82.5 Å². The van der Waals surface area contributed by atoms with E-state index in [1.54, 1.807) is 24.7 Å². The van der Waals surface area contributed by atoms with Crippen LogP contribution in [0.25, 0.3) is 0 Å². The number of amides is 2. The highest BCUT2D eigenvalue weighted by molar-refractivity contribution is 7.14. The molecule has 0 aromatic carbocycles. The van der Waals surface area contributed by atoms with Gasteiger partial charge in [-0.1, -0.05) is 6.07 Å². The van der Waals surface area contributed by atoms with Crippen LogP contribution in [0.1, 0.15) is 16.1 Å². The van der Waals surface area contributed by atoms with Crippen LogP contribution in [-0.4, -0.2) is 34.0 Å². The van der Waals surface area contributed by atoms with E-state index < -0.39 is 5.97 Å². The summed E-state index contributed by atoms with van der Waals surface area (Å²) in [5, 5.41) is 13.5. The van der Waals surface area contributed by atoms with Crippen LogP contribution in [0, 0.1) is 0 Å². The number of aromatic nitrogens is 1. The van der Waals surface area contributed by atoms with Crippen molar-refractivity contribution in [3.05, 3.63) is 47.1 Å². The molecule has 0 fully saturated rings. The predicted octanol–water partition coefficient (Wildman–Crippen LogP) is 2.51. The molecule has 104 valence electrons. The molecule has 2 rings (SSSR count). The molecule has 0 atom stereocenters. The second-order valence-corrected chi connectivity index (χ2v) is 4.99. The van der Waals surface area contributed by atoms with Crippen LogP contribution >= 0.6 is 11.3 Å². The Hall–Kier alpha value is -2.41. The zero-order chi connectivity index (χ0) is 14.5. The largest absolute Gasteiger partial charge is 0.478 e. The number of nitrogens with one attached hydrogen (secondary N) is 1. The van der Waals surface area contributed by atoms with Gasteiger partial charge in [-0.3, -0.25) is 10.3 Å². The van der Waals surface area contributed by atoms with Crippen LogP contribution in [0.2, 0.25) is 0 Å². The number of carbonyl (C=O) groups excluding carboxylic acids is 1. The molecule has 0 aliphatic carbocycles. The fraction of sp³-hybridized carbons (Fsp3) is 0.154. The summed E-state index contributed by atoms with van der Waals surface area (Å²) in [7, 11) is 1.62. The number of nitrogens with zero attached hydrogens (tertiary/aromatic N) is 2. The van der Waals surface area contributed by atoms with Crippen molar-refractivity contribution in [1.82, 2.24) is 9.88 Å². The molecule has 2 heterocycles. The molecule has 2 aromatic rings. The van der Waals surface area contributed by atoms with Gasteiger partial charge >= 0.3 is 12.0 Å². The molecule has 0 saturated carbocycles. The molecule has 0 aliphatic heterocycles. The molecule has 7 heteroatoms. The molecular weight excluding hydrogens is 278 g/mol. The quantitative estimate of drug-likeness (QED) is 0.906. The number of hydrogen-bond acceptors (Lipinski definition) is 4. The highest BCUT2D eigenvalue weighted by atomic mass is 32.1.